The molecule has 1 aliphatic carbocycles. The molecule has 2 aliphatic rings. The molecule has 0 bridgehead atoms. The Hall–Kier alpha value is -2.91. The summed E-state index contributed by atoms with van der Waals surface area (Å²) in [6.45, 7) is 0.0366. The summed E-state index contributed by atoms with van der Waals surface area (Å²) in [7, 11) is -4.84. The number of nitrogens with one attached hydrogen (secondary N) is 1. The lowest BCUT2D eigenvalue weighted by molar-refractivity contribution is -0.384. The number of hydrogen-bond donors (Lipinski definition) is 6. The summed E-state index contributed by atoms with van der Waals surface area (Å²) in [4.78, 5) is 44.5. The molecule has 1 aliphatic heterocycles. The van der Waals surface area contributed by atoms with Gasteiger partial charge in [0.1, 0.15) is 29.7 Å². The molecule has 16 heteroatoms. The molecule has 1 aromatic heterocycles. The van der Waals surface area contributed by atoms with Gasteiger partial charge in [-0.05, 0) is 5.56 Å². The monoisotopic (exact) mass is 485 g/mol. The number of ether oxygens (including phenoxy) is 1. The van der Waals surface area contributed by atoms with E-state index in [0.717, 1.165) is 10.9 Å². The van der Waals surface area contributed by atoms with E-state index in [-0.39, 0.29) is 30.2 Å². The van der Waals surface area contributed by atoms with Gasteiger partial charge in [0.25, 0.3) is 11.6 Å². The highest BCUT2D eigenvalue weighted by Gasteiger charge is 2.71. The number of nitrogen functional groups attached to an aromatic ring is 1. The molecule has 5 atom stereocenters. The molecule has 15 nitrogen and oxygen atoms in total. The first-order valence-electron chi connectivity index (χ1n) is 9.54. The quantitative estimate of drug-likeness (QED) is 0.160. The van der Waals surface area contributed by atoms with Crippen LogP contribution < -0.4 is 11.1 Å². The molecule has 2 fully saturated rings. The third-order valence-corrected chi connectivity index (χ3v) is 6.06. The van der Waals surface area contributed by atoms with Crippen LogP contribution >= 0.6 is 7.82 Å². The summed E-state index contributed by atoms with van der Waals surface area (Å²) < 4.78 is 22.4. The molecule has 1 amide bonds. The highest BCUT2D eigenvalue weighted by atomic mass is 31.2. The standard InChI is InChI=1S/C17H20N5O10P/c18-14-11(15(25)19-6-8-1-3-9(4-2-8)22(26)27)20-7-21(14)16-12(23)13(24)17(31-16)5-10(17)32-33(28,29)30/h1-4,7,10,12-13,16,23-24H,5-6,18H2,(H,19,25)(H2,28,29,30)/t10-,12+,13-,16+,17?/m0/s1. The second-order valence-electron chi connectivity index (χ2n) is 7.68. The maximum absolute atomic E-state index is 12.5. The Kier molecular flexibility index (Phi) is 5.74. The summed E-state index contributed by atoms with van der Waals surface area (Å²) in [5.41, 5.74) is 4.78. The number of amides is 1. The van der Waals surface area contributed by atoms with Crippen LogP contribution in [0.3, 0.4) is 0 Å². The zero-order valence-electron chi connectivity index (χ0n) is 16.7. The number of phosphoric acid groups is 1. The van der Waals surface area contributed by atoms with Crippen molar-refractivity contribution in [3.63, 3.8) is 0 Å². The highest BCUT2D eigenvalue weighted by Crippen LogP contribution is 2.59. The van der Waals surface area contributed by atoms with Gasteiger partial charge in [-0.3, -0.25) is 24.0 Å². The van der Waals surface area contributed by atoms with Crippen molar-refractivity contribution in [3.05, 3.63) is 52.0 Å². The van der Waals surface area contributed by atoms with E-state index in [1.165, 1.54) is 24.3 Å². The van der Waals surface area contributed by atoms with Crippen molar-refractivity contribution in [2.24, 2.45) is 0 Å². The lowest BCUT2D eigenvalue weighted by Crippen LogP contribution is -2.35. The molecular formula is C17H20N5O10P. The van der Waals surface area contributed by atoms with E-state index in [0.29, 0.717) is 5.56 Å². The summed E-state index contributed by atoms with van der Waals surface area (Å²) >= 11 is 0. The van der Waals surface area contributed by atoms with E-state index < -0.39 is 48.8 Å². The predicted octanol–water partition coefficient (Wildman–Crippen LogP) is -0.826. The molecule has 1 saturated heterocycles. The minimum atomic E-state index is -4.84. The summed E-state index contributed by atoms with van der Waals surface area (Å²) in [5, 5.41) is 34.0. The second kappa shape index (κ2) is 8.14. The Balaban J connectivity index is 1.43. The molecule has 0 radical (unpaired) electrons. The molecule has 1 unspecified atom stereocenters. The lowest BCUT2D eigenvalue weighted by Gasteiger charge is -2.17. The van der Waals surface area contributed by atoms with Gasteiger partial charge in [0.2, 0.25) is 0 Å². The smallest absolute Gasteiger partial charge is 0.387 e. The molecule has 2 heterocycles. The number of nitro benzene ring substituents is 1. The number of carbonyl (C=O) groups is 1. The number of non-ortho nitro benzene ring substituents is 1. The van der Waals surface area contributed by atoms with Crippen LogP contribution in [0.1, 0.15) is 28.7 Å². The van der Waals surface area contributed by atoms with Crippen LogP contribution in [0.4, 0.5) is 11.5 Å². The first-order chi connectivity index (χ1) is 15.4. The largest absolute Gasteiger partial charge is 0.469 e. The van der Waals surface area contributed by atoms with E-state index in [2.05, 4.69) is 14.8 Å². The lowest BCUT2D eigenvalue weighted by atomic mass is 10.1. The molecule has 4 rings (SSSR count). The number of nitrogens with zero attached hydrogens (tertiary/aromatic N) is 3. The Bertz CT molecular complexity index is 1130. The Labute approximate surface area is 185 Å². The number of anilines is 1. The van der Waals surface area contributed by atoms with Gasteiger partial charge < -0.3 is 35.8 Å². The SMILES string of the molecule is Nc1c(C(=O)NCc2ccc([N+](=O)[O-])cc2)ncn1[C@@H]1OC2(C[C@@H]2OP(=O)(O)O)[C@@H](O)[C@H]1O. The van der Waals surface area contributed by atoms with Crippen LogP contribution in [0.25, 0.3) is 0 Å². The van der Waals surface area contributed by atoms with Crippen molar-refractivity contribution in [2.75, 3.05) is 5.73 Å². The minimum absolute atomic E-state index is 0.0366. The fourth-order valence-corrected chi connectivity index (χ4v) is 4.32. The maximum Gasteiger partial charge on any atom is 0.469 e. The first kappa shape index (κ1) is 23.3. The van der Waals surface area contributed by atoms with E-state index in [4.69, 9.17) is 20.3 Å². The number of aliphatic hydroxyl groups excluding tert-OH is 2. The van der Waals surface area contributed by atoms with Crippen LogP contribution in [0.5, 0.6) is 0 Å². The van der Waals surface area contributed by atoms with Crippen molar-refractivity contribution in [3.8, 4) is 0 Å². The van der Waals surface area contributed by atoms with Crippen molar-refractivity contribution in [2.45, 2.75) is 43.1 Å². The average Bonchev–Trinajstić information content (AvgIpc) is 3.18. The van der Waals surface area contributed by atoms with Crippen LogP contribution in [-0.2, 0) is 20.4 Å². The summed E-state index contributed by atoms with van der Waals surface area (Å²) in [5.74, 6) is -0.848. The Morgan fingerprint density at radius 3 is 2.67 bits per heavy atom. The van der Waals surface area contributed by atoms with E-state index in [1.54, 1.807) is 0 Å². The maximum atomic E-state index is 12.5. The Morgan fingerprint density at radius 2 is 2.06 bits per heavy atom. The normalized spacial score (nSPS) is 28.7. The third kappa shape index (κ3) is 4.35. The van der Waals surface area contributed by atoms with Gasteiger partial charge in [-0.25, -0.2) is 9.55 Å². The molecule has 1 aromatic carbocycles. The number of nitro groups is 1. The van der Waals surface area contributed by atoms with E-state index >= 15 is 0 Å². The number of rotatable bonds is 7. The number of aromatic nitrogens is 2. The molecule has 1 spiro atoms. The number of carbonyl (C=O) groups excluding carboxylic acids is 1. The van der Waals surface area contributed by atoms with Crippen molar-refractivity contribution < 1.29 is 43.5 Å². The average molecular weight is 485 g/mol. The zero-order valence-corrected chi connectivity index (χ0v) is 17.6. The van der Waals surface area contributed by atoms with Gasteiger partial charge in [0.05, 0.1) is 11.3 Å². The van der Waals surface area contributed by atoms with Crippen molar-refractivity contribution in [1.29, 1.82) is 0 Å². The summed E-state index contributed by atoms with van der Waals surface area (Å²) in [6.07, 6.45) is -4.43. The minimum Gasteiger partial charge on any atom is -0.387 e. The van der Waals surface area contributed by atoms with Gasteiger partial charge in [-0.15, -0.1) is 0 Å². The van der Waals surface area contributed by atoms with Gasteiger partial charge in [-0.2, -0.15) is 0 Å². The zero-order chi connectivity index (χ0) is 24.1. The number of nitrogens with two attached hydrogens (primary N) is 1. The molecular weight excluding hydrogens is 465 g/mol. The number of hydrogen-bond acceptors (Lipinski definition) is 10. The highest BCUT2D eigenvalue weighted by molar-refractivity contribution is 7.46. The first-order valence-corrected chi connectivity index (χ1v) is 11.1. The molecule has 7 N–H and O–H groups in total. The van der Waals surface area contributed by atoms with Gasteiger partial charge >= 0.3 is 7.82 Å². The van der Waals surface area contributed by atoms with E-state index in [9.17, 15) is 29.7 Å². The molecule has 1 saturated carbocycles. The van der Waals surface area contributed by atoms with Gasteiger partial charge in [0, 0.05) is 25.1 Å². The van der Waals surface area contributed by atoms with Crippen LogP contribution in [0.2, 0.25) is 0 Å². The fraction of sp³-hybridized carbons (Fsp3) is 0.412. The number of imidazole rings is 1. The molecule has 178 valence electrons. The summed E-state index contributed by atoms with van der Waals surface area (Å²) in [6, 6.07) is 5.56. The third-order valence-electron chi connectivity index (χ3n) is 5.53. The van der Waals surface area contributed by atoms with Crippen molar-refractivity contribution >= 4 is 25.2 Å². The van der Waals surface area contributed by atoms with E-state index in [1.807, 2.05) is 0 Å². The van der Waals surface area contributed by atoms with Crippen LogP contribution in [-0.4, -0.2) is 64.3 Å². The van der Waals surface area contributed by atoms with Gasteiger partial charge in [-0.1, -0.05) is 12.1 Å². The topological polar surface area (TPSA) is 233 Å². The van der Waals surface area contributed by atoms with Gasteiger partial charge in [0.15, 0.2) is 11.9 Å². The molecule has 2 aromatic rings. The second-order valence-corrected chi connectivity index (χ2v) is 8.87. The Morgan fingerprint density at radius 1 is 1.39 bits per heavy atom. The van der Waals surface area contributed by atoms with Crippen molar-refractivity contribution in [1.82, 2.24) is 14.9 Å². The molecule has 33 heavy (non-hydrogen) atoms. The number of phosphoric ester groups is 1. The fourth-order valence-electron chi connectivity index (χ4n) is 3.74. The predicted molar refractivity (Wildman–Crippen MR) is 107 cm³/mol. The number of aliphatic hydroxyl groups is 2. The van der Waals surface area contributed by atoms with Crippen LogP contribution in [0, 0.1) is 10.1 Å². The number of benzene rings is 1. The van der Waals surface area contributed by atoms with Crippen LogP contribution in [0.15, 0.2) is 30.6 Å².